The summed E-state index contributed by atoms with van der Waals surface area (Å²) in [4.78, 5) is 11.4. The van der Waals surface area contributed by atoms with Crippen molar-refractivity contribution >= 4 is 6.16 Å². The van der Waals surface area contributed by atoms with Crippen molar-refractivity contribution in [2.75, 3.05) is 13.2 Å². The predicted octanol–water partition coefficient (Wildman–Crippen LogP) is 2.59. The van der Waals surface area contributed by atoms with Crippen LogP contribution in [0.15, 0.2) is 0 Å². The number of aliphatic hydroxyl groups excluding tert-OH is 1. The van der Waals surface area contributed by atoms with Crippen molar-refractivity contribution in [1.29, 1.82) is 0 Å². The van der Waals surface area contributed by atoms with Gasteiger partial charge in [-0.1, -0.05) is 27.2 Å². The molecule has 100 valence electrons. The van der Waals surface area contributed by atoms with E-state index >= 15 is 0 Å². The van der Waals surface area contributed by atoms with Gasteiger partial charge in [-0.2, -0.15) is 0 Å². The normalized spacial score (nSPS) is 29.1. The van der Waals surface area contributed by atoms with Gasteiger partial charge in [-0.3, -0.25) is 0 Å². The van der Waals surface area contributed by atoms with Crippen LogP contribution < -0.4 is 0 Å². The van der Waals surface area contributed by atoms with Crippen LogP contribution in [-0.4, -0.2) is 30.6 Å². The van der Waals surface area contributed by atoms with Crippen molar-refractivity contribution in [3.05, 3.63) is 0 Å². The highest BCUT2D eigenvalue weighted by molar-refractivity contribution is 5.60. The van der Waals surface area contributed by atoms with Crippen LogP contribution in [0.2, 0.25) is 0 Å². The zero-order chi connectivity index (χ0) is 12.8. The first-order valence-corrected chi connectivity index (χ1v) is 6.48. The number of hydrogen-bond donors (Lipinski definition) is 1. The van der Waals surface area contributed by atoms with Crippen LogP contribution in [0.3, 0.4) is 0 Å². The minimum absolute atomic E-state index is 0.00739. The Balaban J connectivity index is 2.48. The summed E-state index contributed by atoms with van der Waals surface area (Å²) >= 11 is 0. The Kier molecular flexibility index (Phi) is 5.75. The molecule has 4 heteroatoms. The van der Waals surface area contributed by atoms with E-state index in [1.165, 1.54) is 6.42 Å². The second-order valence-corrected chi connectivity index (χ2v) is 5.30. The van der Waals surface area contributed by atoms with Crippen LogP contribution in [0.4, 0.5) is 4.79 Å². The summed E-state index contributed by atoms with van der Waals surface area (Å²) in [7, 11) is 0. The summed E-state index contributed by atoms with van der Waals surface area (Å²) in [5.74, 6) is 1.53. The van der Waals surface area contributed by atoms with Gasteiger partial charge in [-0.25, -0.2) is 4.79 Å². The molecule has 17 heavy (non-hydrogen) atoms. The van der Waals surface area contributed by atoms with Gasteiger partial charge < -0.3 is 14.6 Å². The summed E-state index contributed by atoms with van der Waals surface area (Å²) in [5.41, 5.74) is 0. The van der Waals surface area contributed by atoms with Gasteiger partial charge in [0.25, 0.3) is 0 Å². The van der Waals surface area contributed by atoms with Crippen molar-refractivity contribution in [2.24, 2.45) is 17.8 Å². The topological polar surface area (TPSA) is 55.8 Å². The molecular formula is C13H24O4. The highest BCUT2D eigenvalue weighted by Gasteiger charge is 2.33. The minimum Gasteiger partial charge on any atom is -0.432 e. The Morgan fingerprint density at radius 3 is 2.71 bits per heavy atom. The zero-order valence-electron chi connectivity index (χ0n) is 11.0. The lowest BCUT2D eigenvalue weighted by Crippen LogP contribution is -2.36. The molecule has 0 unspecified atom stereocenters. The van der Waals surface area contributed by atoms with Crippen LogP contribution in [0, 0.1) is 17.8 Å². The number of rotatable bonds is 4. The van der Waals surface area contributed by atoms with Crippen LogP contribution in [0.1, 0.15) is 40.0 Å². The molecule has 1 aliphatic rings. The Labute approximate surface area is 103 Å². The van der Waals surface area contributed by atoms with Crippen LogP contribution in [0.5, 0.6) is 0 Å². The molecule has 0 aromatic heterocycles. The van der Waals surface area contributed by atoms with Gasteiger partial charge in [0.05, 0.1) is 6.61 Å². The fourth-order valence-corrected chi connectivity index (χ4v) is 2.54. The van der Waals surface area contributed by atoms with E-state index in [1.54, 1.807) is 0 Å². The molecule has 1 rings (SSSR count). The molecule has 0 saturated heterocycles. The Bertz CT molecular complexity index is 240. The highest BCUT2D eigenvalue weighted by atomic mass is 16.7. The van der Waals surface area contributed by atoms with E-state index in [4.69, 9.17) is 14.6 Å². The average Bonchev–Trinajstić information content (AvgIpc) is 2.26. The van der Waals surface area contributed by atoms with Crippen molar-refractivity contribution in [1.82, 2.24) is 0 Å². The molecule has 0 aromatic rings. The molecular weight excluding hydrogens is 220 g/mol. The third-order valence-corrected chi connectivity index (χ3v) is 3.52. The van der Waals surface area contributed by atoms with E-state index < -0.39 is 6.16 Å². The monoisotopic (exact) mass is 244 g/mol. The summed E-state index contributed by atoms with van der Waals surface area (Å²) in [6.07, 6.45) is 2.54. The Morgan fingerprint density at radius 1 is 1.41 bits per heavy atom. The standard InChI is InChI=1S/C13H24O4/c1-9(2)11-5-4-10(3)8-12(11)17-13(15)16-7-6-14/h9-12,14H,4-8H2,1-3H3/t10-,11-,12-/m1/s1. The van der Waals surface area contributed by atoms with Crippen LogP contribution in [0.25, 0.3) is 0 Å². The van der Waals surface area contributed by atoms with Crippen molar-refractivity contribution < 1.29 is 19.4 Å². The van der Waals surface area contributed by atoms with E-state index in [2.05, 4.69) is 20.8 Å². The second-order valence-electron chi connectivity index (χ2n) is 5.30. The van der Waals surface area contributed by atoms with E-state index in [0.29, 0.717) is 17.8 Å². The average molecular weight is 244 g/mol. The van der Waals surface area contributed by atoms with E-state index in [1.807, 2.05) is 0 Å². The maximum atomic E-state index is 11.4. The third kappa shape index (κ3) is 4.54. The van der Waals surface area contributed by atoms with Crippen molar-refractivity contribution in [2.45, 2.75) is 46.1 Å². The molecule has 0 aromatic carbocycles. The summed E-state index contributed by atoms with van der Waals surface area (Å²) in [6, 6.07) is 0. The van der Waals surface area contributed by atoms with Crippen molar-refractivity contribution in [3.8, 4) is 0 Å². The summed E-state index contributed by atoms with van der Waals surface area (Å²) in [6.45, 7) is 6.36. The SMILES string of the molecule is CC(C)[C@H]1CC[C@@H](C)C[C@H]1OC(=O)OCCO. The van der Waals surface area contributed by atoms with Gasteiger partial charge in [0.1, 0.15) is 12.7 Å². The van der Waals surface area contributed by atoms with Crippen LogP contribution >= 0.6 is 0 Å². The largest absolute Gasteiger partial charge is 0.508 e. The van der Waals surface area contributed by atoms with E-state index in [-0.39, 0.29) is 19.3 Å². The third-order valence-electron chi connectivity index (χ3n) is 3.52. The second kappa shape index (κ2) is 6.84. The lowest BCUT2D eigenvalue weighted by atomic mass is 9.75. The number of ether oxygens (including phenoxy) is 2. The quantitative estimate of drug-likeness (QED) is 0.772. The first kappa shape index (κ1) is 14.3. The zero-order valence-corrected chi connectivity index (χ0v) is 11.0. The summed E-state index contributed by atoms with van der Waals surface area (Å²) in [5, 5.41) is 8.57. The highest BCUT2D eigenvalue weighted by Crippen LogP contribution is 2.35. The van der Waals surface area contributed by atoms with E-state index in [0.717, 1.165) is 12.8 Å². The molecule has 1 N–H and O–H groups in total. The number of hydrogen-bond acceptors (Lipinski definition) is 4. The first-order chi connectivity index (χ1) is 8.04. The fourth-order valence-electron chi connectivity index (χ4n) is 2.54. The van der Waals surface area contributed by atoms with Crippen molar-refractivity contribution in [3.63, 3.8) is 0 Å². The van der Waals surface area contributed by atoms with E-state index in [9.17, 15) is 4.79 Å². The number of carbonyl (C=O) groups is 1. The maximum Gasteiger partial charge on any atom is 0.508 e. The van der Waals surface area contributed by atoms with Gasteiger partial charge in [-0.05, 0) is 30.6 Å². The van der Waals surface area contributed by atoms with Crippen LogP contribution in [-0.2, 0) is 9.47 Å². The fraction of sp³-hybridized carbons (Fsp3) is 0.923. The van der Waals surface area contributed by atoms with Gasteiger partial charge in [-0.15, -0.1) is 0 Å². The number of carbonyl (C=O) groups excluding carboxylic acids is 1. The number of aliphatic hydroxyl groups is 1. The lowest BCUT2D eigenvalue weighted by Gasteiger charge is -2.36. The van der Waals surface area contributed by atoms with Gasteiger partial charge in [0.2, 0.25) is 0 Å². The smallest absolute Gasteiger partial charge is 0.432 e. The Morgan fingerprint density at radius 2 is 2.12 bits per heavy atom. The molecule has 3 atom stereocenters. The molecule has 0 spiro atoms. The van der Waals surface area contributed by atoms with Gasteiger partial charge in [0, 0.05) is 0 Å². The molecule has 0 amide bonds. The predicted molar refractivity (Wildman–Crippen MR) is 64.6 cm³/mol. The Hall–Kier alpha value is -0.770. The molecule has 1 aliphatic carbocycles. The maximum absolute atomic E-state index is 11.4. The van der Waals surface area contributed by atoms with Gasteiger partial charge >= 0.3 is 6.16 Å². The summed E-state index contributed by atoms with van der Waals surface area (Å²) < 4.78 is 10.1. The molecule has 4 nitrogen and oxygen atoms in total. The molecule has 0 heterocycles. The molecule has 0 radical (unpaired) electrons. The molecule has 1 saturated carbocycles. The minimum atomic E-state index is -0.649. The molecule has 0 bridgehead atoms. The first-order valence-electron chi connectivity index (χ1n) is 6.48. The molecule has 1 fully saturated rings. The van der Waals surface area contributed by atoms with Gasteiger partial charge in [0.15, 0.2) is 0 Å². The molecule has 0 aliphatic heterocycles. The lowest BCUT2D eigenvalue weighted by molar-refractivity contribution is -0.0351.